The highest BCUT2D eigenvalue weighted by Crippen LogP contribution is 2.33. The van der Waals surface area contributed by atoms with Crippen molar-refractivity contribution in [3.8, 4) is 0 Å². The lowest BCUT2D eigenvalue weighted by Crippen LogP contribution is -2.34. The van der Waals surface area contributed by atoms with Gasteiger partial charge in [-0.1, -0.05) is 24.6 Å². The molecule has 1 aliphatic heterocycles. The average Bonchev–Trinajstić information content (AvgIpc) is 2.61. The lowest BCUT2D eigenvalue weighted by atomic mass is 10.1. The number of benzene rings is 2. The second-order valence-corrected chi connectivity index (χ2v) is 8.37. The third-order valence-corrected chi connectivity index (χ3v) is 5.95. The molecule has 1 N–H and O–H groups in total. The molecule has 142 valence electrons. The topological polar surface area (TPSA) is 78.8 Å². The summed E-state index contributed by atoms with van der Waals surface area (Å²) in [6.45, 7) is 6.17. The van der Waals surface area contributed by atoms with E-state index in [9.17, 15) is 13.2 Å². The summed E-state index contributed by atoms with van der Waals surface area (Å²) in [6.07, 6.45) is 0.836. The zero-order valence-electron chi connectivity index (χ0n) is 15.3. The number of fused-ring (bicyclic) bond motifs is 1. The van der Waals surface area contributed by atoms with Crippen molar-refractivity contribution in [2.45, 2.75) is 32.1 Å². The number of nitrogens with one attached hydrogen (secondary N) is 1. The number of amides is 1. The number of hydrogen-bond acceptors (Lipinski definition) is 4. The van der Waals surface area contributed by atoms with E-state index in [2.05, 4.69) is 9.71 Å². The fourth-order valence-corrected chi connectivity index (χ4v) is 4.40. The van der Waals surface area contributed by atoms with Crippen molar-refractivity contribution in [2.24, 2.45) is 4.40 Å². The van der Waals surface area contributed by atoms with Gasteiger partial charge in [0.25, 0.3) is 15.9 Å². The van der Waals surface area contributed by atoms with Crippen LogP contribution in [0.3, 0.4) is 0 Å². The quantitative estimate of drug-likeness (QED) is 0.825. The Balaban J connectivity index is 1.99. The number of aryl methyl sites for hydroxylation is 1. The van der Waals surface area contributed by atoms with Gasteiger partial charge in [-0.25, -0.2) is 0 Å². The first kappa shape index (κ1) is 19.4. The van der Waals surface area contributed by atoms with E-state index >= 15 is 0 Å². The number of halogens is 1. The van der Waals surface area contributed by atoms with E-state index in [0.29, 0.717) is 28.8 Å². The number of sulfonamides is 1. The predicted molar refractivity (Wildman–Crippen MR) is 109 cm³/mol. The van der Waals surface area contributed by atoms with Crippen LogP contribution in [-0.4, -0.2) is 26.7 Å². The molecule has 0 spiro atoms. The molecule has 0 fully saturated rings. The Bertz CT molecular complexity index is 1050. The number of anilines is 2. The minimum absolute atomic E-state index is 0.0389. The van der Waals surface area contributed by atoms with Crippen LogP contribution in [-0.2, 0) is 10.0 Å². The van der Waals surface area contributed by atoms with Crippen LogP contribution in [0.25, 0.3) is 0 Å². The monoisotopic (exact) mass is 405 g/mol. The molecular weight excluding hydrogens is 386 g/mol. The third-order valence-electron chi connectivity index (χ3n) is 4.33. The van der Waals surface area contributed by atoms with Gasteiger partial charge in [0.15, 0.2) is 0 Å². The summed E-state index contributed by atoms with van der Waals surface area (Å²) < 4.78 is 28.8. The zero-order valence-corrected chi connectivity index (χ0v) is 16.9. The van der Waals surface area contributed by atoms with Gasteiger partial charge >= 0.3 is 0 Å². The fraction of sp³-hybridized carbons (Fsp3) is 0.263. The van der Waals surface area contributed by atoms with Crippen LogP contribution < -0.4 is 10.2 Å². The van der Waals surface area contributed by atoms with Crippen LogP contribution in [0, 0.1) is 6.92 Å². The van der Waals surface area contributed by atoms with E-state index in [1.165, 1.54) is 6.07 Å². The molecule has 1 aliphatic rings. The number of hydrogen-bond donors (Lipinski definition) is 1. The van der Waals surface area contributed by atoms with Gasteiger partial charge in [0.1, 0.15) is 10.7 Å². The summed E-state index contributed by atoms with van der Waals surface area (Å²) in [5.74, 6) is 0.0165. The van der Waals surface area contributed by atoms with E-state index < -0.39 is 15.9 Å². The number of nitrogens with zero attached hydrogens (tertiary/aromatic N) is 2. The lowest BCUT2D eigenvalue weighted by molar-refractivity contribution is 0.102. The minimum atomic E-state index is -3.84. The highest BCUT2D eigenvalue weighted by atomic mass is 35.5. The van der Waals surface area contributed by atoms with Crippen LogP contribution in [0.4, 0.5) is 11.4 Å². The number of carbonyl (C=O) groups excluding carboxylic acids is 1. The zero-order chi connectivity index (χ0) is 19.8. The van der Waals surface area contributed by atoms with Crippen LogP contribution in [0.2, 0.25) is 5.02 Å². The molecule has 27 heavy (non-hydrogen) atoms. The summed E-state index contributed by atoms with van der Waals surface area (Å²) >= 11 is 5.99. The average molecular weight is 406 g/mol. The van der Waals surface area contributed by atoms with Gasteiger partial charge < -0.3 is 10.2 Å². The molecule has 0 aromatic heterocycles. The van der Waals surface area contributed by atoms with E-state index in [1.807, 2.05) is 18.7 Å². The van der Waals surface area contributed by atoms with Crippen molar-refractivity contribution < 1.29 is 13.2 Å². The second kappa shape index (κ2) is 7.32. The van der Waals surface area contributed by atoms with Gasteiger partial charge in [0.05, 0.1) is 5.69 Å². The van der Waals surface area contributed by atoms with Crippen molar-refractivity contribution in [1.82, 2.24) is 0 Å². The van der Waals surface area contributed by atoms with Crippen LogP contribution >= 0.6 is 11.6 Å². The van der Waals surface area contributed by atoms with E-state index in [1.54, 1.807) is 37.3 Å². The van der Waals surface area contributed by atoms with Gasteiger partial charge in [0, 0.05) is 22.8 Å². The van der Waals surface area contributed by atoms with E-state index in [0.717, 1.165) is 12.0 Å². The summed E-state index contributed by atoms with van der Waals surface area (Å²) in [5, 5.41) is 3.28. The Morgan fingerprint density at radius 2 is 1.93 bits per heavy atom. The van der Waals surface area contributed by atoms with Crippen molar-refractivity contribution in [3.63, 3.8) is 0 Å². The normalized spacial score (nSPS) is 15.1. The molecule has 0 atom stereocenters. The first-order chi connectivity index (χ1) is 12.7. The number of amidine groups is 1. The van der Waals surface area contributed by atoms with Crippen molar-refractivity contribution >= 4 is 44.7 Å². The van der Waals surface area contributed by atoms with Gasteiger partial charge in [-0.15, -0.1) is 4.40 Å². The molecule has 0 bridgehead atoms. The molecule has 1 heterocycles. The van der Waals surface area contributed by atoms with Crippen LogP contribution in [0.1, 0.15) is 36.2 Å². The minimum Gasteiger partial charge on any atom is -0.328 e. The van der Waals surface area contributed by atoms with Gasteiger partial charge in [-0.3, -0.25) is 4.79 Å². The molecule has 2 aromatic carbocycles. The fourth-order valence-electron chi connectivity index (χ4n) is 2.96. The maximum atomic E-state index is 12.6. The summed E-state index contributed by atoms with van der Waals surface area (Å²) in [5.41, 5.74) is 2.21. The Morgan fingerprint density at radius 3 is 2.63 bits per heavy atom. The maximum Gasteiger partial charge on any atom is 0.286 e. The molecule has 0 radical (unpaired) electrons. The van der Waals surface area contributed by atoms with Crippen molar-refractivity contribution in [2.75, 3.05) is 16.8 Å². The maximum absolute atomic E-state index is 12.6. The molecule has 6 nitrogen and oxygen atoms in total. The summed E-state index contributed by atoms with van der Waals surface area (Å²) in [4.78, 5) is 14.5. The molecule has 0 aliphatic carbocycles. The van der Waals surface area contributed by atoms with Gasteiger partial charge in [0.2, 0.25) is 0 Å². The summed E-state index contributed by atoms with van der Waals surface area (Å²) in [7, 11) is -3.84. The standard InChI is InChI=1S/C19H20ClN3O3S/c1-4-9-23-13(3)22-27(25,26)18-10-14(6-8-17(18)23)19(24)21-16-11-15(20)7-5-12(16)2/h5-8,10-11H,4,9H2,1-3H3,(H,21,24). The Hall–Kier alpha value is -2.38. The van der Waals surface area contributed by atoms with E-state index in [-0.39, 0.29) is 10.5 Å². The first-order valence-electron chi connectivity index (χ1n) is 8.53. The molecule has 3 rings (SSSR count). The molecule has 0 unspecified atom stereocenters. The molecule has 2 aromatic rings. The van der Waals surface area contributed by atoms with Crippen LogP contribution in [0.15, 0.2) is 45.7 Å². The molecule has 0 saturated heterocycles. The first-order valence-corrected chi connectivity index (χ1v) is 10.4. The molecule has 8 heteroatoms. The largest absolute Gasteiger partial charge is 0.328 e. The number of rotatable bonds is 4. The number of carbonyl (C=O) groups is 1. The Kier molecular flexibility index (Phi) is 5.26. The van der Waals surface area contributed by atoms with E-state index in [4.69, 9.17) is 11.6 Å². The Morgan fingerprint density at radius 1 is 1.19 bits per heavy atom. The smallest absolute Gasteiger partial charge is 0.286 e. The highest BCUT2D eigenvalue weighted by Gasteiger charge is 2.29. The molecule has 1 amide bonds. The van der Waals surface area contributed by atoms with Crippen molar-refractivity contribution in [1.29, 1.82) is 0 Å². The summed E-state index contributed by atoms with van der Waals surface area (Å²) in [6, 6.07) is 9.83. The van der Waals surface area contributed by atoms with Gasteiger partial charge in [-0.2, -0.15) is 8.42 Å². The van der Waals surface area contributed by atoms with Crippen LogP contribution in [0.5, 0.6) is 0 Å². The third kappa shape index (κ3) is 3.84. The molecular formula is C19H20ClN3O3S. The highest BCUT2D eigenvalue weighted by molar-refractivity contribution is 7.90. The SMILES string of the molecule is CCCN1C(C)=NS(=O)(=O)c2cc(C(=O)Nc3cc(Cl)ccc3C)ccc21. The molecule has 0 saturated carbocycles. The van der Waals surface area contributed by atoms with Crippen molar-refractivity contribution in [3.05, 3.63) is 52.5 Å². The predicted octanol–water partition coefficient (Wildman–Crippen LogP) is 4.24. The van der Waals surface area contributed by atoms with Gasteiger partial charge in [-0.05, 0) is 56.2 Å². The Labute approximate surface area is 163 Å². The second-order valence-electron chi connectivity index (χ2n) is 6.36. The lowest BCUT2D eigenvalue weighted by Gasteiger charge is -2.29.